The Balaban J connectivity index is 1.79. The summed E-state index contributed by atoms with van der Waals surface area (Å²) in [7, 11) is 3.49. The molecule has 0 bridgehead atoms. The minimum absolute atomic E-state index is 0.0797. The third kappa shape index (κ3) is 4.43. The van der Waals surface area contributed by atoms with Crippen LogP contribution in [0.2, 0.25) is 0 Å². The minimum atomic E-state index is 0.0797. The molecule has 6 nitrogen and oxygen atoms in total. The van der Waals surface area contributed by atoms with Crippen LogP contribution >= 0.6 is 0 Å². The molecule has 6 heteroatoms. The molecule has 4 rings (SSSR count). The third-order valence-electron chi connectivity index (χ3n) is 5.57. The number of para-hydroxylation sites is 2. The molecule has 0 N–H and O–H groups in total. The zero-order valence-electron chi connectivity index (χ0n) is 18.5. The Morgan fingerprint density at radius 3 is 2.35 bits per heavy atom. The molecule has 162 valence electrons. The Labute approximate surface area is 183 Å². The molecule has 1 aliphatic rings. The highest BCUT2D eigenvalue weighted by atomic mass is 16.5. The SMILES string of the molecule is COc1ccccc1Oc1c(CN(C(=O)C2CC2)C(C)C)c(-c2ccccc2)nn1C. The highest BCUT2D eigenvalue weighted by Gasteiger charge is 2.35. The maximum atomic E-state index is 13.0. The molecule has 0 unspecified atom stereocenters. The van der Waals surface area contributed by atoms with Gasteiger partial charge in [0.25, 0.3) is 0 Å². The number of hydrogen-bond acceptors (Lipinski definition) is 4. The first-order valence-corrected chi connectivity index (χ1v) is 10.7. The molecule has 1 fully saturated rings. The number of rotatable bonds is 8. The molecule has 1 saturated carbocycles. The van der Waals surface area contributed by atoms with E-state index in [0.29, 0.717) is 23.9 Å². The quantitative estimate of drug-likeness (QED) is 0.514. The van der Waals surface area contributed by atoms with Crippen LogP contribution in [0, 0.1) is 5.92 Å². The number of benzene rings is 2. The van der Waals surface area contributed by atoms with Crippen LogP contribution < -0.4 is 9.47 Å². The zero-order chi connectivity index (χ0) is 22.0. The molecule has 1 amide bonds. The van der Waals surface area contributed by atoms with Crippen molar-refractivity contribution in [3.8, 4) is 28.6 Å². The summed E-state index contributed by atoms with van der Waals surface area (Å²) < 4.78 is 13.5. The predicted molar refractivity (Wildman–Crippen MR) is 120 cm³/mol. The summed E-state index contributed by atoms with van der Waals surface area (Å²) in [5.41, 5.74) is 2.70. The first-order chi connectivity index (χ1) is 15.0. The van der Waals surface area contributed by atoms with Crippen molar-refractivity contribution >= 4 is 5.91 Å². The van der Waals surface area contributed by atoms with Gasteiger partial charge in [-0.25, -0.2) is 4.68 Å². The lowest BCUT2D eigenvalue weighted by Crippen LogP contribution is -2.37. The summed E-state index contributed by atoms with van der Waals surface area (Å²) in [6.07, 6.45) is 1.95. The Morgan fingerprint density at radius 2 is 1.74 bits per heavy atom. The smallest absolute Gasteiger partial charge is 0.226 e. The van der Waals surface area contributed by atoms with E-state index >= 15 is 0 Å². The number of aromatic nitrogens is 2. The topological polar surface area (TPSA) is 56.6 Å². The van der Waals surface area contributed by atoms with Gasteiger partial charge in [0.05, 0.1) is 19.2 Å². The molecule has 31 heavy (non-hydrogen) atoms. The standard InChI is InChI=1S/C25H29N3O3/c1-17(2)28(24(29)19-14-15-19)16-20-23(18-10-6-5-7-11-18)26-27(3)25(20)31-22-13-9-8-12-21(22)30-4/h5-13,17,19H,14-16H2,1-4H3. The average molecular weight is 420 g/mol. The van der Waals surface area contributed by atoms with Gasteiger partial charge in [0.1, 0.15) is 5.69 Å². The normalized spacial score (nSPS) is 13.3. The van der Waals surface area contributed by atoms with E-state index in [1.807, 2.05) is 66.5 Å². The Kier molecular flexibility index (Phi) is 5.98. The molecule has 2 aromatic carbocycles. The Hall–Kier alpha value is -3.28. The number of aryl methyl sites for hydroxylation is 1. The second-order valence-corrected chi connectivity index (χ2v) is 8.21. The molecule has 1 heterocycles. The maximum absolute atomic E-state index is 13.0. The van der Waals surface area contributed by atoms with Crippen LogP contribution in [0.25, 0.3) is 11.3 Å². The largest absolute Gasteiger partial charge is 0.493 e. The monoisotopic (exact) mass is 419 g/mol. The summed E-state index contributed by atoms with van der Waals surface area (Å²) in [5, 5.41) is 4.78. The van der Waals surface area contributed by atoms with E-state index in [9.17, 15) is 4.79 Å². The first-order valence-electron chi connectivity index (χ1n) is 10.7. The summed E-state index contributed by atoms with van der Waals surface area (Å²) >= 11 is 0. The molecule has 1 aliphatic carbocycles. The van der Waals surface area contributed by atoms with Gasteiger partial charge in [-0.2, -0.15) is 5.10 Å². The molecule has 0 spiro atoms. The van der Waals surface area contributed by atoms with Gasteiger partial charge in [-0.05, 0) is 38.8 Å². The van der Waals surface area contributed by atoms with Crippen LogP contribution in [0.5, 0.6) is 17.4 Å². The lowest BCUT2D eigenvalue weighted by atomic mass is 10.1. The van der Waals surface area contributed by atoms with Crippen LogP contribution in [-0.4, -0.2) is 33.7 Å². The number of carbonyl (C=O) groups excluding carboxylic acids is 1. The molecule has 0 saturated heterocycles. The molecule has 3 aromatic rings. The average Bonchev–Trinajstić information content (AvgIpc) is 3.58. The second kappa shape index (κ2) is 8.84. The van der Waals surface area contributed by atoms with Gasteiger partial charge in [0.2, 0.25) is 11.8 Å². The van der Waals surface area contributed by atoms with E-state index in [-0.39, 0.29) is 17.9 Å². The fraction of sp³-hybridized carbons (Fsp3) is 0.360. The van der Waals surface area contributed by atoms with Crippen molar-refractivity contribution in [2.24, 2.45) is 13.0 Å². The number of nitrogens with zero attached hydrogens (tertiary/aromatic N) is 3. The number of carbonyl (C=O) groups is 1. The molecule has 0 atom stereocenters. The van der Waals surface area contributed by atoms with Crippen LogP contribution in [-0.2, 0) is 18.4 Å². The van der Waals surface area contributed by atoms with Crippen LogP contribution in [0.3, 0.4) is 0 Å². The van der Waals surface area contributed by atoms with Gasteiger partial charge in [0, 0.05) is 24.6 Å². The van der Waals surface area contributed by atoms with Crippen molar-refractivity contribution in [2.45, 2.75) is 39.3 Å². The summed E-state index contributed by atoms with van der Waals surface area (Å²) in [6, 6.07) is 17.6. The van der Waals surface area contributed by atoms with Crippen molar-refractivity contribution in [1.29, 1.82) is 0 Å². The van der Waals surface area contributed by atoms with Gasteiger partial charge in [-0.3, -0.25) is 4.79 Å². The second-order valence-electron chi connectivity index (χ2n) is 8.21. The van der Waals surface area contributed by atoms with Crippen LogP contribution in [0.15, 0.2) is 54.6 Å². The molecule has 0 radical (unpaired) electrons. The fourth-order valence-corrected chi connectivity index (χ4v) is 3.71. The van der Waals surface area contributed by atoms with Crippen molar-refractivity contribution in [1.82, 2.24) is 14.7 Å². The Morgan fingerprint density at radius 1 is 1.10 bits per heavy atom. The molecule has 1 aromatic heterocycles. The van der Waals surface area contributed by atoms with E-state index in [4.69, 9.17) is 14.6 Å². The van der Waals surface area contributed by atoms with Gasteiger partial charge >= 0.3 is 0 Å². The number of hydrogen-bond donors (Lipinski definition) is 0. The van der Waals surface area contributed by atoms with E-state index < -0.39 is 0 Å². The van der Waals surface area contributed by atoms with E-state index in [1.165, 1.54) is 0 Å². The van der Waals surface area contributed by atoms with E-state index in [2.05, 4.69) is 13.8 Å². The molecular weight excluding hydrogens is 390 g/mol. The predicted octanol–water partition coefficient (Wildman–Crippen LogP) is 5.04. The highest BCUT2D eigenvalue weighted by Crippen LogP contribution is 2.39. The fourth-order valence-electron chi connectivity index (χ4n) is 3.71. The minimum Gasteiger partial charge on any atom is -0.493 e. The van der Waals surface area contributed by atoms with E-state index in [0.717, 1.165) is 29.7 Å². The van der Waals surface area contributed by atoms with Gasteiger partial charge in [-0.1, -0.05) is 42.5 Å². The maximum Gasteiger partial charge on any atom is 0.226 e. The van der Waals surface area contributed by atoms with E-state index in [1.54, 1.807) is 11.8 Å². The number of methoxy groups -OCH3 is 1. The molecule has 0 aliphatic heterocycles. The van der Waals surface area contributed by atoms with Gasteiger partial charge < -0.3 is 14.4 Å². The number of ether oxygens (including phenoxy) is 2. The van der Waals surface area contributed by atoms with Crippen molar-refractivity contribution in [3.63, 3.8) is 0 Å². The zero-order valence-corrected chi connectivity index (χ0v) is 18.5. The first kappa shape index (κ1) is 21.0. The summed E-state index contributed by atoms with van der Waals surface area (Å²) in [5.74, 6) is 2.22. The van der Waals surface area contributed by atoms with Crippen molar-refractivity contribution < 1.29 is 14.3 Å². The number of amides is 1. The third-order valence-corrected chi connectivity index (χ3v) is 5.57. The van der Waals surface area contributed by atoms with Crippen molar-refractivity contribution in [2.75, 3.05) is 7.11 Å². The van der Waals surface area contributed by atoms with Crippen LogP contribution in [0.4, 0.5) is 0 Å². The lowest BCUT2D eigenvalue weighted by molar-refractivity contribution is -0.134. The van der Waals surface area contributed by atoms with Gasteiger partial charge in [0.15, 0.2) is 11.5 Å². The highest BCUT2D eigenvalue weighted by molar-refractivity contribution is 5.81. The Bertz CT molecular complexity index is 1060. The summed E-state index contributed by atoms with van der Waals surface area (Å²) in [6.45, 7) is 4.55. The summed E-state index contributed by atoms with van der Waals surface area (Å²) in [4.78, 5) is 15.0. The van der Waals surface area contributed by atoms with Crippen molar-refractivity contribution in [3.05, 3.63) is 60.2 Å². The molecular formula is C25H29N3O3. The van der Waals surface area contributed by atoms with Crippen LogP contribution in [0.1, 0.15) is 32.3 Å². The lowest BCUT2D eigenvalue weighted by Gasteiger charge is -2.27. The van der Waals surface area contributed by atoms with Gasteiger partial charge in [-0.15, -0.1) is 0 Å².